The summed E-state index contributed by atoms with van der Waals surface area (Å²) in [5.41, 5.74) is 1.42. The molecule has 2 nitrogen and oxygen atoms in total. The fraction of sp³-hybridized carbons (Fsp3) is 0.905. The molecule has 2 saturated heterocycles. The van der Waals surface area contributed by atoms with E-state index >= 15 is 0 Å². The smallest absolute Gasteiger partial charge is 0.0499 e. The Labute approximate surface area is 156 Å². The predicted molar refractivity (Wildman–Crippen MR) is 110 cm³/mol. The standard InChI is InChI=1S/C21H40N2S/c1-17(2)18(3)7-12-22-13-8-20(9-14-22)5-6-21-10-15-23(16-11-21)19(4)24/h17,19-21,24H,3,5-16H2,1-2,4H3. The van der Waals surface area contributed by atoms with Crippen molar-refractivity contribution in [2.75, 3.05) is 32.7 Å². The predicted octanol–water partition coefficient (Wildman–Crippen LogP) is 5.07. The van der Waals surface area contributed by atoms with E-state index in [0.717, 1.165) is 11.8 Å². The second-order valence-electron chi connectivity index (χ2n) is 8.54. The lowest BCUT2D eigenvalue weighted by atomic mass is 9.85. The maximum absolute atomic E-state index is 4.57. The molecule has 2 aliphatic rings. The van der Waals surface area contributed by atoms with Gasteiger partial charge in [-0.3, -0.25) is 4.90 Å². The van der Waals surface area contributed by atoms with Crippen molar-refractivity contribution in [3.05, 3.63) is 12.2 Å². The summed E-state index contributed by atoms with van der Waals surface area (Å²) >= 11 is 4.57. The number of rotatable bonds is 8. The first kappa shape index (κ1) is 20.3. The van der Waals surface area contributed by atoms with Gasteiger partial charge in [-0.2, -0.15) is 12.6 Å². The highest BCUT2D eigenvalue weighted by molar-refractivity contribution is 7.80. The van der Waals surface area contributed by atoms with Gasteiger partial charge in [-0.05, 0) is 83.0 Å². The molecule has 0 aliphatic carbocycles. The molecule has 0 spiro atoms. The summed E-state index contributed by atoms with van der Waals surface area (Å²) < 4.78 is 0. The van der Waals surface area contributed by atoms with Crippen molar-refractivity contribution in [3.8, 4) is 0 Å². The van der Waals surface area contributed by atoms with E-state index in [1.165, 1.54) is 83.2 Å². The molecule has 0 amide bonds. The van der Waals surface area contributed by atoms with Gasteiger partial charge in [0, 0.05) is 11.9 Å². The van der Waals surface area contributed by atoms with Crippen molar-refractivity contribution in [2.24, 2.45) is 17.8 Å². The van der Waals surface area contributed by atoms with Crippen molar-refractivity contribution in [1.29, 1.82) is 0 Å². The van der Waals surface area contributed by atoms with E-state index in [4.69, 9.17) is 0 Å². The number of likely N-dealkylation sites (tertiary alicyclic amines) is 2. The van der Waals surface area contributed by atoms with Gasteiger partial charge in [-0.15, -0.1) is 0 Å². The average molecular weight is 353 g/mol. The lowest BCUT2D eigenvalue weighted by Crippen LogP contribution is -2.38. The number of hydrogen-bond donors (Lipinski definition) is 1. The maximum atomic E-state index is 4.57. The molecule has 140 valence electrons. The minimum Gasteiger partial charge on any atom is -0.303 e. The van der Waals surface area contributed by atoms with Crippen molar-refractivity contribution < 1.29 is 0 Å². The Kier molecular flexibility index (Phi) is 8.66. The van der Waals surface area contributed by atoms with Gasteiger partial charge in [-0.25, -0.2) is 0 Å². The zero-order valence-electron chi connectivity index (χ0n) is 16.3. The van der Waals surface area contributed by atoms with Crippen LogP contribution in [0, 0.1) is 17.8 Å². The van der Waals surface area contributed by atoms with E-state index in [0.29, 0.717) is 11.3 Å². The Morgan fingerprint density at radius 1 is 0.958 bits per heavy atom. The van der Waals surface area contributed by atoms with Crippen LogP contribution >= 0.6 is 12.6 Å². The molecule has 0 saturated carbocycles. The zero-order valence-corrected chi connectivity index (χ0v) is 17.2. The molecule has 0 bridgehead atoms. The summed E-state index contributed by atoms with van der Waals surface area (Å²) in [4.78, 5) is 5.18. The van der Waals surface area contributed by atoms with Crippen LogP contribution in [0.25, 0.3) is 0 Å². The number of piperidine rings is 2. The molecule has 3 heteroatoms. The second kappa shape index (κ2) is 10.2. The van der Waals surface area contributed by atoms with E-state index in [9.17, 15) is 0 Å². The van der Waals surface area contributed by atoms with E-state index in [2.05, 4.69) is 49.8 Å². The van der Waals surface area contributed by atoms with Crippen molar-refractivity contribution in [2.45, 2.75) is 71.1 Å². The summed E-state index contributed by atoms with van der Waals surface area (Å²) in [6, 6.07) is 0. The Bertz CT molecular complexity index is 364. The summed E-state index contributed by atoms with van der Waals surface area (Å²) in [5, 5.41) is 0.432. The number of hydrogen-bond acceptors (Lipinski definition) is 3. The van der Waals surface area contributed by atoms with Crippen LogP contribution in [0.3, 0.4) is 0 Å². The zero-order chi connectivity index (χ0) is 17.5. The van der Waals surface area contributed by atoms with E-state index in [-0.39, 0.29) is 0 Å². The molecule has 2 heterocycles. The fourth-order valence-electron chi connectivity index (χ4n) is 4.18. The SMILES string of the molecule is C=C(CCN1CCC(CCC2CCN(C(C)S)CC2)CC1)C(C)C. The summed E-state index contributed by atoms with van der Waals surface area (Å²) in [7, 11) is 0. The van der Waals surface area contributed by atoms with Crippen LogP contribution in [0.15, 0.2) is 12.2 Å². The van der Waals surface area contributed by atoms with E-state index in [1.54, 1.807) is 0 Å². The fourth-order valence-corrected chi connectivity index (χ4v) is 4.41. The van der Waals surface area contributed by atoms with Gasteiger partial charge in [0.15, 0.2) is 0 Å². The van der Waals surface area contributed by atoms with Gasteiger partial charge in [0.1, 0.15) is 0 Å². The molecular weight excluding hydrogens is 312 g/mol. The van der Waals surface area contributed by atoms with Crippen LogP contribution in [0.1, 0.15) is 65.7 Å². The third-order valence-corrected chi connectivity index (χ3v) is 6.76. The van der Waals surface area contributed by atoms with Gasteiger partial charge in [0.05, 0.1) is 0 Å². The first-order chi connectivity index (χ1) is 11.5. The first-order valence-corrected chi connectivity index (χ1v) is 10.8. The van der Waals surface area contributed by atoms with E-state index in [1.807, 2.05) is 0 Å². The van der Waals surface area contributed by atoms with Gasteiger partial charge < -0.3 is 4.90 Å². The van der Waals surface area contributed by atoms with Gasteiger partial charge in [0.25, 0.3) is 0 Å². The Balaban J connectivity index is 1.56. The highest BCUT2D eigenvalue weighted by Gasteiger charge is 2.24. The second-order valence-corrected chi connectivity index (χ2v) is 9.28. The van der Waals surface area contributed by atoms with Crippen LogP contribution in [0.5, 0.6) is 0 Å². The lowest BCUT2D eigenvalue weighted by Gasteiger charge is -2.36. The third-order valence-electron chi connectivity index (χ3n) is 6.43. The molecule has 0 aromatic rings. The maximum Gasteiger partial charge on any atom is 0.0499 e. The largest absolute Gasteiger partial charge is 0.303 e. The minimum atomic E-state index is 0.432. The molecule has 2 aliphatic heterocycles. The summed E-state index contributed by atoms with van der Waals surface area (Å²) in [6.07, 6.45) is 9.73. The molecule has 1 unspecified atom stereocenters. The van der Waals surface area contributed by atoms with E-state index < -0.39 is 0 Å². The molecule has 0 radical (unpaired) electrons. The minimum absolute atomic E-state index is 0.432. The molecular formula is C21H40N2S. The Morgan fingerprint density at radius 3 is 1.92 bits per heavy atom. The van der Waals surface area contributed by atoms with Crippen LogP contribution in [0.2, 0.25) is 0 Å². The monoisotopic (exact) mass is 352 g/mol. The molecule has 24 heavy (non-hydrogen) atoms. The molecule has 0 aromatic heterocycles. The normalized spacial score (nSPS) is 23.7. The Hall–Kier alpha value is 0.0100. The molecule has 1 atom stereocenters. The molecule has 0 N–H and O–H groups in total. The molecule has 2 rings (SSSR count). The van der Waals surface area contributed by atoms with Crippen LogP contribution in [-0.2, 0) is 0 Å². The number of thiol groups is 1. The lowest BCUT2D eigenvalue weighted by molar-refractivity contribution is 0.150. The summed E-state index contributed by atoms with van der Waals surface area (Å²) in [6.45, 7) is 17.3. The first-order valence-electron chi connectivity index (χ1n) is 10.3. The van der Waals surface area contributed by atoms with Gasteiger partial charge in [0.2, 0.25) is 0 Å². The Morgan fingerprint density at radius 2 is 1.46 bits per heavy atom. The highest BCUT2D eigenvalue weighted by atomic mass is 32.1. The van der Waals surface area contributed by atoms with Crippen LogP contribution in [0.4, 0.5) is 0 Å². The number of nitrogens with zero attached hydrogens (tertiary/aromatic N) is 2. The van der Waals surface area contributed by atoms with Crippen molar-refractivity contribution >= 4 is 12.6 Å². The quantitative estimate of drug-likeness (QED) is 0.481. The molecule has 0 aromatic carbocycles. The summed E-state index contributed by atoms with van der Waals surface area (Å²) in [5.74, 6) is 2.59. The van der Waals surface area contributed by atoms with Crippen molar-refractivity contribution in [1.82, 2.24) is 9.80 Å². The van der Waals surface area contributed by atoms with Gasteiger partial charge >= 0.3 is 0 Å². The third kappa shape index (κ3) is 6.72. The average Bonchev–Trinajstić information content (AvgIpc) is 2.59. The van der Waals surface area contributed by atoms with Crippen molar-refractivity contribution in [3.63, 3.8) is 0 Å². The molecule has 2 fully saturated rings. The highest BCUT2D eigenvalue weighted by Crippen LogP contribution is 2.29. The topological polar surface area (TPSA) is 6.48 Å². The van der Waals surface area contributed by atoms with Gasteiger partial charge in [-0.1, -0.05) is 38.8 Å². The van der Waals surface area contributed by atoms with Crippen LogP contribution < -0.4 is 0 Å². The van der Waals surface area contributed by atoms with Crippen LogP contribution in [-0.4, -0.2) is 47.9 Å².